The zero-order chi connectivity index (χ0) is 18.2. The van der Waals surface area contributed by atoms with Crippen LogP contribution in [-0.2, 0) is 16.0 Å². The third-order valence-corrected chi connectivity index (χ3v) is 4.91. The minimum atomic E-state index is -1.18. The zero-order valence-corrected chi connectivity index (χ0v) is 15.4. The van der Waals surface area contributed by atoms with Crippen LogP contribution in [0.1, 0.15) is 25.0 Å². The number of halogens is 1. The third-order valence-electron chi connectivity index (χ3n) is 4.67. The molecule has 0 bridgehead atoms. The predicted molar refractivity (Wildman–Crippen MR) is 101 cm³/mol. The fourth-order valence-electron chi connectivity index (χ4n) is 3.03. The molecule has 0 spiro atoms. The van der Waals surface area contributed by atoms with Crippen LogP contribution in [0.15, 0.2) is 42.5 Å². The molecule has 1 aliphatic heterocycles. The molecule has 2 amide bonds. The molecule has 0 fully saturated rings. The summed E-state index contributed by atoms with van der Waals surface area (Å²) in [6.07, 6.45) is 0.815. The number of amides is 2. The van der Waals surface area contributed by atoms with Crippen LogP contribution in [0, 0.1) is 12.3 Å². The van der Waals surface area contributed by atoms with E-state index in [4.69, 9.17) is 11.6 Å². The Morgan fingerprint density at radius 3 is 2.60 bits per heavy atom. The lowest BCUT2D eigenvalue weighted by Crippen LogP contribution is -2.47. The van der Waals surface area contributed by atoms with E-state index in [9.17, 15) is 9.59 Å². The molecule has 130 valence electrons. The van der Waals surface area contributed by atoms with Crippen LogP contribution in [0.25, 0.3) is 0 Å². The maximum atomic E-state index is 13.0. The molecule has 1 heterocycles. The summed E-state index contributed by atoms with van der Waals surface area (Å²) in [5.74, 6) is -0.520. The highest BCUT2D eigenvalue weighted by Crippen LogP contribution is 2.32. The Kier molecular flexibility index (Phi) is 4.56. The molecule has 0 radical (unpaired) electrons. The van der Waals surface area contributed by atoms with Crippen LogP contribution in [0.3, 0.4) is 0 Å². The van der Waals surface area contributed by atoms with Crippen LogP contribution in [0.2, 0.25) is 5.02 Å². The van der Waals surface area contributed by atoms with Gasteiger partial charge in [0, 0.05) is 22.9 Å². The molecule has 0 saturated carbocycles. The summed E-state index contributed by atoms with van der Waals surface area (Å²) in [7, 11) is 0. The normalized spacial score (nSPS) is 13.5. The van der Waals surface area contributed by atoms with Crippen LogP contribution < -0.4 is 10.2 Å². The second kappa shape index (κ2) is 6.52. The molecular weight excluding hydrogens is 336 g/mol. The van der Waals surface area contributed by atoms with Gasteiger partial charge in [0.1, 0.15) is 5.41 Å². The first-order chi connectivity index (χ1) is 11.8. The quantitative estimate of drug-likeness (QED) is 0.838. The standard InChI is InChI=1S/C20H21ClN2O2/c1-13-12-15(21)8-9-16(13)22-18(24)20(2,3)19(25)23-11-10-14-6-4-5-7-17(14)23/h4-9,12H,10-11H2,1-3H3,(H,22,24). The van der Waals surface area contributed by atoms with Gasteiger partial charge in [-0.15, -0.1) is 0 Å². The molecule has 5 heteroatoms. The fraction of sp³-hybridized carbons (Fsp3) is 0.300. The monoisotopic (exact) mass is 356 g/mol. The van der Waals surface area contributed by atoms with E-state index in [0.29, 0.717) is 17.3 Å². The van der Waals surface area contributed by atoms with Crippen molar-refractivity contribution in [3.05, 3.63) is 58.6 Å². The molecule has 0 unspecified atom stereocenters. The summed E-state index contributed by atoms with van der Waals surface area (Å²) in [5.41, 5.74) is 2.38. The summed E-state index contributed by atoms with van der Waals surface area (Å²) >= 11 is 5.95. The molecule has 3 rings (SSSR count). The second-order valence-corrected chi connectivity index (χ2v) is 7.31. The molecule has 2 aromatic rings. The van der Waals surface area contributed by atoms with Crippen molar-refractivity contribution >= 4 is 34.8 Å². The lowest BCUT2D eigenvalue weighted by atomic mass is 9.90. The van der Waals surface area contributed by atoms with Crippen molar-refractivity contribution in [2.45, 2.75) is 27.2 Å². The van der Waals surface area contributed by atoms with Crippen LogP contribution >= 0.6 is 11.6 Å². The van der Waals surface area contributed by atoms with Crippen molar-refractivity contribution in [2.24, 2.45) is 5.41 Å². The third kappa shape index (κ3) is 3.27. The molecular formula is C20H21ClN2O2. The SMILES string of the molecule is Cc1cc(Cl)ccc1NC(=O)C(C)(C)C(=O)N1CCc2ccccc21. The Bertz CT molecular complexity index is 845. The van der Waals surface area contributed by atoms with Gasteiger partial charge in [0.2, 0.25) is 11.8 Å². The number of aryl methyl sites for hydroxylation is 1. The number of nitrogens with zero attached hydrogens (tertiary/aromatic N) is 1. The molecule has 2 aromatic carbocycles. The van der Waals surface area contributed by atoms with E-state index in [2.05, 4.69) is 5.32 Å². The first-order valence-electron chi connectivity index (χ1n) is 8.28. The van der Waals surface area contributed by atoms with E-state index < -0.39 is 5.41 Å². The summed E-state index contributed by atoms with van der Waals surface area (Å²) < 4.78 is 0. The van der Waals surface area contributed by atoms with Gasteiger partial charge >= 0.3 is 0 Å². The smallest absolute Gasteiger partial charge is 0.242 e. The fourth-order valence-corrected chi connectivity index (χ4v) is 3.26. The van der Waals surface area contributed by atoms with Gasteiger partial charge in [0.25, 0.3) is 0 Å². The van der Waals surface area contributed by atoms with E-state index in [-0.39, 0.29) is 11.8 Å². The van der Waals surface area contributed by atoms with Crippen molar-refractivity contribution in [1.29, 1.82) is 0 Å². The van der Waals surface area contributed by atoms with Crippen LogP contribution in [-0.4, -0.2) is 18.4 Å². The van der Waals surface area contributed by atoms with Crippen molar-refractivity contribution in [1.82, 2.24) is 0 Å². The van der Waals surface area contributed by atoms with Gasteiger partial charge in [-0.05, 0) is 62.6 Å². The number of para-hydroxylation sites is 1. The van der Waals surface area contributed by atoms with Gasteiger partial charge in [-0.1, -0.05) is 29.8 Å². The number of fused-ring (bicyclic) bond motifs is 1. The first-order valence-corrected chi connectivity index (χ1v) is 8.66. The maximum Gasteiger partial charge on any atom is 0.242 e. The molecule has 0 aliphatic carbocycles. The van der Waals surface area contributed by atoms with Gasteiger partial charge in [0.05, 0.1) is 0 Å². The average Bonchev–Trinajstić information content (AvgIpc) is 3.00. The van der Waals surface area contributed by atoms with Crippen molar-refractivity contribution in [2.75, 3.05) is 16.8 Å². The van der Waals surface area contributed by atoms with Gasteiger partial charge in [-0.2, -0.15) is 0 Å². The van der Waals surface area contributed by atoms with E-state index >= 15 is 0 Å². The van der Waals surface area contributed by atoms with E-state index in [1.165, 1.54) is 0 Å². The lowest BCUT2D eigenvalue weighted by Gasteiger charge is -2.29. The van der Waals surface area contributed by atoms with E-state index in [0.717, 1.165) is 23.2 Å². The molecule has 25 heavy (non-hydrogen) atoms. The van der Waals surface area contributed by atoms with Crippen molar-refractivity contribution in [3.8, 4) is 0 Å². The number of carbonyl (C=O) groups excluding carboxylic acids is 2. The topological polar surface area (TPSA) is 49.4 Å². The zero-order valence-electron chi connectivity index (χ0n) is 14.6. The van der Waals surface area contributed by atoms with Crippen LogP contribution in [0.4, 0.5) is 11.4 Å². The lowest BCUT2D eigenvalue weighted by molar-refractivity contribution is -0.136. The predicted octanol–water partition coefficient (Wildman–Crippen LogP) is 4.20. The summed E-state index contributed by atoms with van der Waals surface area (Å²) in [5, 5.41) is 3.47. The number of anilines is 2. The van der Waals surface area contributed by atoms with Gasteiger partial charge in [-0.25, -0.2) is 0 Å². The van der Waals surface area contributed by atoms with Crippen LogP contribution in [0.5, 0.6) is 0 Å². The molecule has 1 N–H and O–H groups in total. The molecule has 0 atom stereocenters. The average molecular weight is 357 g/mol. The highest BCUT2D eigenvalue weighted by Gasteiger charge is 2.41. The largest absolute Gasteiger partial charge is 0.325 e. The number of hydrogen-bond donors (Lipinski definition) is 1. The second-order valence-electron chi connectivity index (χ2n) is 6.87. The minimum absolute atomic E-state index is 0.193. The van der Waals surface area contributed by atoms with Gasteiger partial charge < -0.3 is 10.2 Å². The summed E-state index contributed by atoms with van der Waals surface area (Å²) in [6.45, 7) is 5.80. The number of hydrogen-bond acceptors (Lipinski definition) is 2. The number of rotatable bonds is 3. The molecule has 0 saturated heterocycles. The number of nitrogens with one attached hydrogen (secondary N) is 1. The van der Waals surface area contributed by atoms with Gasteiger partial charge in [0.15, 0.2) is 0 Å². The summed E-state index contributed by atoms with van der Waals surface area (Å²) in [6, 6.07) is 13.1. The first kappa shape index (κ1) is 17.5. The van der Waals surface area contributed by atoms with Gasteiger partial charge in [-0.3, -0.25) is 9.59 Å². The summed E-state index contributed by atoms with van der Waals surface area (Å²) in [4.78, 5) is 27.5. The molecule has 1 aliphatic rings. The molecule has 4 nitrogen and oxygen atoms in total. The van der Waals surface area contributed by atoms with Crippen molar-refractivity contribution < 1.29 is 9.59 Å². The van der Waals surface area contributed by atoms with E-state index in [1.54, 1.807) is 36.9 Å². The highest BCUT2D eigenvalue weighted by atomic mass is 35.5. The van der Waals surface area contributed by atoms with E-state index in [1.807, 2.05) is 31.2 Å². The Morgan fingerprint density at radius 2 is 1.88 bits per heavy atom. The number of carbonyl (C=O) groups is 2. The maximum absolute atomic E-state index is 13.0. The Morgan fingerprint density at radius 1 is 1.16 bits per heavy atom. The Labute approximate surface area is 152 Å². The minimum Gasteiger partial charge on any atom is -0.325 e. The van der Waals surface area contributed by atoms with Crippen molar-refractivity contribution in [3.63, 3.8) is 0 Å². The Balaban J connectivity index is 1.81. The number of benzene rings is 2. The Hall–Kier alpha value is -2.33. The molecule has 0 aromatic heterocycles. The highest BCUT2D eigenvalue weighted by molar-refractivity contribution is 6.30.